The predicted octanol–water partition coefficient (Wildman–Crippen LogP) is 1.94. The molecule has 4 nitrogen and oxygen atoms in total. The highest BCUT2D eigenvalue weighted by molar-refractivity contribution is 14.1. The highest BCUT2D eigenvalue weighted by atomic mass is 127. The zero-order chi connectivity index (χ0) is 12.4. The Morgan fingerprint density at radius 2 is 2.35 bits per heavy atom. The van der Waals surface area contributed by atoms with Crippen molar-refractivity contribution in [1.29, 1.82) is 0 Å². The molecule has 1 aromatic rings. The number of halogens is 1. The number of hydrogen-bond acceptors (Lipinski definition) is 3. The smallest absolute Gasteiger partial charge is 0.255 e. The van der Waals surface area contributed by atoms with E-state index in [1.54, 1.807) is 18.5 Å². The van der Waals surface area contributed by atoms with E-state index in [9.17, 15) is 4.79 Å². The van der Waals surface area contributed by atoms with Crippen LogP contribution in [0.4, 0.5) is 0 Å². The lowest BCUT2D eigenvalue weighted by Crippen LogP contribution is -2.50. The van der Waals surface area contributed by atoms with Gasteiger partial charge < -0.3 is 9.64 Å². The van der Waals surface area contributed by atoms with Crippen molar-refractivity contribution >= 4 is 28.5 Å². The molecule has 0 aromatic carbocycles. The van der Waals surface area contributed by atoms with Crippen LogP contribution in [-0.4, -0.2) is 41.1 Å². The summed E-state index contributed by atoms with van der Waals surface area (Å²) in [6.45, 7) is 5.26. The first-order valence-corrected chi connectivity index (χ1v) is 6.69. The van der Waals surface area contributed by atoms with Gasteiger partial charge in [0.2, 0.25) is 0 Å². The van der Waals surface area contributed by atoms with Gasteiger partial charge in [-0.2, -0.15) is 0 Å². The molecule has 0 radical (unpaired) electrons. The van der Waals surface area contributed by atoms with Gasteiger partial charge in [0.05, 0.1) is 24.3 Å². The molecule has 2 heterocycles. The third-order valence-electron chi connectivity index (χ3n) is 2.87. The zero-order valence-electron chi connectivity index (χ0n) is 9.89. The molecule has 92 valence electrons. The summed E-state index contributed by atoms with van der Waals surface area (Å²) < 4.78 is 6.42. The Kier molecular flexibility index (Phi) is 3.98. The van der Waals surface area contributed by atoms with Crippen LogP contribution in [0, 0.1) is 3.57 Å². The number of carbonyl (C=O) groups is 1. The normalized spacial score (nSPS) is 24.8. The molecule has 1 amide bonds. The van der Waals surface area contributed by atoms with Gasteiger partial charge in [-0.3, -0.25) is 9.78 Å². The van der Waals surface area contributed by atoms with Crippen LogP contribution < -0.4 is 0 Å². The number of pyridine rings is 1. The fraction of sp³-hybridized carbons (Fsp3) is 0.500. The van der Waals surface area contributed by atoms with Gasteiger partial charge in [0, 0.05) is 22.5 Å². The molecule has 0 aliphatic carbocycles. The molecule has 1 aliphatic heterocycles. The second-order valence-electron chi connectivity index (χ2n) is 4.31. The van der Waals surface area contributed by atoms with Crippen LogP contribution in [0.1, 0.15) is 24.2 Å². The Morgan fingerprint density at radius 3 is 3.06 bits per heavy atom. The Labute approximate surface area is 114 Å². The van der Waals surface area contributed by atoms with Crippen LogP contribution in [0.15, 0.2) is 18.5 Å². The molecule has 1 aromatic heterocycles. The molecule has 0 saturated carbocycles. The fourth-order valence-corrected chi connectivity index (χ4v) is 2.46. The number of nitrogens with zero attached hydrogens (tertiary/aromatic N) is 2. The Morgan fingerprint density at radius 1 is 1.59 bits per heavy atom. The summed E-state index contributed by atoms with van der Waals surface area (Å²) in [6, 6.07) is 1.90. The van der Waals surface area contributed by atoms with E-state index >= 15 is 0 Å². The predicted molar refractivity (Wildman–Crippen MR) is 72.9 cm³/mol. The van der Waals surface area contributed by atoms with Crippen molar-refractivity contribution in [2.24, 2.45) is 0 Å². The van der Waals surface area contributed by atoms with Gasteiger partial charge >= 0.3 is 0 Å². The Balaban J connectivity index is 2.22. The van der Waals surface area contributed by atoms with Crippen LogP contribution in [0.25, 0.3) is 0 Å². The van der Waals surface area contributed by atoms with E-state index < -0.39 is 0 Å². The third-order valence-corrected chi connectivity index (χ3v) is 3.73. The average Bonchev–Trinajstić information content (AvgIpc) is 2.32. The highest BCUT2D eigenvalue weighted by Crippen LogP contribution is 2.18. The zero-order valence-corrected chi connectivity index (χ0v) is 12.0. The maximum absolute atomic E-state index is 12.4. The number of aromatic nitrogens is 1. The first-order chi connectivity index (χ1) is 8.09. The second-order valence-corrected chi connectivity index (χ2v) is 5.47. The van der Waals surface area contributed by atoms with Crippen molar-refractivity contribution in [2.75, 3.05) is 13.2 Å². The van der Waals surface area contributed by atoms with Crippen molar-refractivity contribution in [2.45, 2.75) is 26.0 Å². The lowest BCUT2D eigenvalue weighted by Gasteiger charge is -2.37. The first-order valence-electron chi connectivity index (χ1n) is 5.61. The van der Waals surface area contributed by atoms with E-state index in [-0.39, 0.29) is 18.1 Å². The quantitative estimate of drug-likeness (QED) is 0.730. The minimum absolute atomic E-state index is 0.0689. The standard InChI is InChI=1S/C12H15IN2O2/c1-8-7-17-9(2)6-15(8)12(16)10-3-4-14-5-11(10)13/h3-5,8-9H,6-7H2,1-2H3. The maximum atomic E-state index is 12.4. The Bertz CT molecular complexity index is 425. The van der Waals surface area contributed by atoms with Crippen molar-refractivity contribution in [3.8, 4) is 0 Å². The van der Waals surface area contributed by atoms with Crippen molar-refractivity contribution < 1.29 is 9.53 Å². The lowest BCUT2D eigenvalue weighted by molar-refractivity contribution is -0.0387. The SMILES string of the molecule is CC1CN(C(=O)c2ccncc2I)C(C)CO1. The van der Waals surface area contributed by atoms with Crippen LogP contribution in [-0.2, 0) is 4.74 Å². The van der Waals surface area contributed by atoms with Crippen molar-refractivity contribution in [3.63, 3.8) is 0 Å². The van der Waals surface area contributed by atoms with Crippen LogP contribution in [0.3, 0.4) is 0 Å². The molecular formula is C12H15IN2O2. The maximum Gasteiger partial charge on any atom is 0.255 e. The van der Waals surface area contributed by atoms with Gasteiger partial charge in [-0.05, 0) is 42.5 Å². The molecule has 1 fully saturated rings. The molecule has 0 N–H and O–H groups in total. The number of rotatable bonds is 1. The van der Waals surface area contributed by atoms with Gasteiger partial charge in [-0.1, -0.05) is 0 Å². The highest BCUT2D eigenvalue weighted by Gasteiger charge is 2.28. The number of ether oxygens (including phenoxy) is 1. The largest absolute Gasteiger partial charge is 0.375 e. The van der Waals surface area contributed by atoms with Gasteiger partial charge in [-0.25, -0.2) is 0 Å². The lowest BCUT2D eigenvalue weighted by atomic mass is 10.1. The summed E-state index contributed by atoms with van der Waals surface area (Å²) in [4.78, 5) is 18.3. The fourth-order valence-electron chi connectivity index (χ4n) is 1.89. The molecular weight excluding hydrogens is 331 g/mol. The summed E-state index contributed by atoms with van der Waals surface area (Å²) in [5.74, 6) is 0.0689. The molecule has 2 rings (SSSR count). The Hall–Kier alpha value is -0.690. The van der Waals surface area contributed by atoms with E-state index in [2.05, 4.69) is 27.6 Å². The molecule has 0 bridgehead atoms. The summed E-state index contributed by atoms with van der Waals surface area (Å²) >= 11 is 2.14. The van der Waals surface area contributed by atoms with Gasteiger partial charge in [0.15, 0.2) is 0 Å². The summed E-state index contributed by atoms with van der Waals surface area (Å²) in [5, 5.41) is 0. The molecule has 1 saturated heterocycles. The number of morpholine rings is 1. The monoisotopic (exact) mass is 346 g/mol. The summed E-state index contributed by atoms with van der Waals surface area (Å²) in [7, 11) is 0. The van der Waals surface area contributed by atoms with E-state index in [4.69, 9.17) is 4.74 Å². The van der Waals surface area contributed by atoms with Gasteiger partial charge in [-0.15, -0.1) is 0 Å². The van der Waals surface area contributed by atoms with Gasteiger partial charge in [0.1, 0.15) is 0 Å². The average molecular weight is 346 g/mol. The van der Waals surface area contributed by atoms with E-state index in [1.165, 1.54) is 0 Å². The van der Waals surface area contributed by atoms with E-state index in [1.807, 2.05) is 18.7 Å². The molecule has 2 unspecified atom stereocenters. The topological polar surface area (TPSA) is 42.4 Å². The molecule has 1 aliphatic rings. The van der Waals surface area contributed by atoms with Crippen molar-refractivity contribution in [1.82, 2.24) is 9.88 Å². The summed E-state index contributed by atoms with van der Waals surface area (Å²) in [6.07, 6.45) is 3.47. The number of amides is 1. The van der Waals surface area contributed by atoms with Crippen LogP contribution in [0.5, 0.6) is 0 Å². The van der Waals surface area contributed by atoms with Crippen molar-refractivity contribution in [3.05, 3.63) is 27.6 Å². The van der Waals surface area contributed by atoms with E-state index in [0.717, 1.165) is 9.13 Å². The summed E-state index contributed by atoms with van der Waals surface area (Å²) in [5.41, 5.74) is 0.724. The number of carbonyl (C=O) groups excluding carboxylic acids is 1. The molecule has 0 spiro atoms. The molecule has 2 atom stereocenters. The number of hydrogen-bond donors (Lipinski definition) is 0. The first kappa shape index (κ1) is 12.8. The molecule has 17 heavy (non-hydrogen) atoms. The second kappa shape index (κ2) is 5.30. The van der Waals surface area contributed by atoms with Gasteiger partial charge in [0.25, 0.3) is 5.91 Å². The van der Waals surface area contributed by atoms with Crippen LogP contribution in [0.2, 0.25) is 0 Å². The molecule has 5 heteroatoms. The minimum atomic E-state index is 0.0689. The third kappa shape index (κ3) is 2.77. The van der Waals surface area contributed by atoms with Crippen LogP contribution >= 0.6 is 22.6 Å². The minimum Gasteiger partial charge on any atom is -0.375 e. The van der Waals surface area contributed by atoms with E-state index in [0.29, 0.717) is 13.2 Å².